The number of anilines is 1. The maximum Gasteiger partial charge on any atom is 0.305 e. The summed E-state index contributed by atoms with van der Waals surface area (Å²) in [5.41, 5.74) is 1.41. The number of thioether (sulfide) groups is 1. The molecule has 0 aliphatic carbocycles. The first kappa shape index (κ1) is 23.4. The van der Waals surface area contributed by atoms with Gasteiger partial charge in [-0.15, -0.1) is 0 Å². The standard InChI is InChI=1S/C22H24N4O5S2/c1-12-5-4-7-25-18(12)23-19(24-10-13(2)31-14(3)11-24)15(20(25)29)9-16-21(30)26(22(32)33-16)8-6-17(27)28/h4-5,7,9,13-14H,6,8,10-11H2,1-3H3,(H,27,28)/b16-9-/t13-,14+. The fraction of sp³-hybridized carbons (Fsp3) is 0.409. The lowest BCUT2D eigenvalue weighted by Gasteiger charge is -2.36. The van der Waals surface area contributed by atoms with E-state index in [9.17, 15) is 14.4 Å². The van der Waals surface area contributed by atoms with Crippen LogP contribution in [0.15, 0.2) is 28.0 Å². The lowest BCUT2D eigenvalue weighted by atomic mass is 10.1. The van der Waals surface area contributed by atoms with Gasteiger partial charge in [0, 0.05) is 25.8 Å². The summed E-state index contributed by atoms with van der Waals surface area (Å²) in [6.07, 6.45) is 2.88. The molecule has 0 spiro atoms. The molecule has 1 amide bonds. The molecule has 0 unspecified atom stereocenters. The molecule has 2 aromatic heterocycles. The number of morpholine rings is 1. The summed E-state index contributed by atoms with van der Waals surface area (Å²) in [5, 5.41) is 8.96. The van der Waals surface area contributed by atoms with Crippen molar-refractivity contribution in [3.63, 3.8) is 0 Å². The zero-order valence-electron chi connectivity index (χ0n) is 18.5. The number of aromatic nitrogens is 2. The minimum absolute atomic E-state index is 0.0170. The van der Waals surface area contributed by atoms with Gasteiger partial charge in [0.15, 0.2) is 0 Å². The molecule has 0 aromatic carbocycles. The summed E-state index contributed by atoms with van der Waals surface area (Å²) < 4.78 is 7.59. The molecule has 2 fully saturated rings. The molecular weight excluding hydrogens is 464 g/mol. The Morgan fingerprint density at radius 1 is 1.33 bits per heavy atom. The number of carboxylic acids is 1. The van der Waals surface area contributed by atoms with Crippen molar-refractivity contribution in [1.82, 2.24) is 14.3 Å². The third-order valence-corrected chi connectivity index (χ3v) is 6.86. The van der Waals surface area contributed by atoms with Gasteiger partial charge in [0.2, 0.25) is 0 Å². The van der Waals surface area contributed by atoms with E-state index in [1.165, 1.54) is 15.4 Å². The number of rotatable bonds is 5. The highest BCUT2D eigenvalue weighted by molar-refractivity contribution is 8.26. The number of carboxylic acid groups (broad SMARTS) is 1. The fourth-order valence-electron chi connectivity index (χ4n) is 4.05. The molecule has 0 radical (unpaired) electrons. The molecule has 2 saturated heterocycles. The van der Waals surface area contributed by atoms with Gasteiger partial charge in [0.25, 0.3) is 11.5 Å². The van der Waals surface area contributed by atoms with Crippen LogP contribution in [-0.2, 0) is 14.3 Å². The van der Waals surface area contributed by atoms with Crippen molar-refractivity contribution in [2.75, 3.05) is 24.5 Å². The second-order valence-electron chi connectivity index (χ2n) is 8.18. The van der Waals surface area contributed by atoms with Crippen LogP contribution >= 0.6 is 24.0 Å². The molecule has 2 aromatic rings. The van der Waals surface area contributed by atoms with E-state index in [-0.39, 0.29) is 45.5 Å². The largest absolute Gasteiger partial charge is 0.481 e. The molecule has 4 heterocycles. The molecule has 4 rings (SSSR count). The van der Waals surface area contributed by atoms with Gasteiger partial charge in [-0.3, -0.25) is 23.7 Å². The lowest BCUT2D eigenvalue weighted by molar-refractivity contribution is -0.137. The summed E-state index contributed by atoms with van der Waals surface area (Å²) in [5.74, 6) is -0.931. The maximum atomic E-state index is 13.6. The summed E-state index contributed by atoms with van der Waals surface area (Å²) in [7, 11) is 0. The van der Waals surface area contributed by atoms with Crippen molar-refractivity contribution in [2.24, 2.45) is 0 Å². The average molecular weight is 489 g/mol. The number of carbonyl (C=O) groups is 2. The van der Waals surface area contributed by atoms with Gasteiger partial charge in [0.05, 0.1) is 29.1 Å². The number of nitrogens with zero attached hydrogens (tertiary/aromatic N) is 4. The van der Waals surface area contributed by atoms with E-state index in [2.05, 4.69) is 0 Å². The first-order valence-corrected chi connectivity index (χ1v) is 11.8. The van der Waals surface area contributed by atoms with E-state index in [1.807, 2.05) is 31.7 Å². The molecule has 0 bridgehead atoms. The van der Waals surface area contributed by atoms with Crippen LogP contribution in [-0.4, -0.2) is 67.4 Å². The van der Waals surface area contributed by atoms with Crippen molar-refractivity contribution >= 4 is 57.7 Å². The van der Waals surface area contributed by atoms with Crippen LogP contribution in [0.4, 0.5) is 5.82 Å². The predicted octanol–water partition coefficient (Wildman–Crippen LogP) is 2.29. The summed E-state index contributed by atoms with van der Waals surface area (Å²) in [4.78, 5) is 45.8. The summed E-state index contributed by atoms with van der Waals surface area (Å²) in [6.45, 7) is 6.92. The molecule has 2 atom stereocenters. The Bertz CT molecular complexity index is 1230. The Labute approximate surface area is 200 Å². The number of hydrogen-bond donors (Lipinski definition) is 1. The number of thiocarbonyl (C=S) groups is 1. The third kappa shape index (κ3) is 4.66. The van der Waals surface area contributed by atoms with Crippen molar-refractivity contribution in [3.8, 4) is 0 Å². The van der Waals surface area contributed by atoms with Crippen LogP contribution in [0.1, 0.15) is 31.4 Å². The Kier molecular flexibility index (Phi) is 6.55. The van der Waals surface area contributed by atoms with Crippen LogP contribution in [0.2, 0.25) is 0 Å². The van der Waals surface area contributed by atoms with Gasteiger partial charge >= 0.3 is 5.97 Å². The number of aliphatic carboxylic acids is 1. The molecule has 174 valence electrons. The van der Waals surface area contributed by atoms with Gasteiger partial charge in [0.1, 0.15) is 15.8 Å². The average Bonchev–Trinajstić information content (AvgIpc) is 3.00. The van der Waals surface area contributed by atoms with Gasteiger partial charge in [-0.05, 0) is 38.5 Å². The van der Waals surface area contributed by atoms with Crippen molar-refractivity contribution < 1.29 is 19.4 Å². The van der Waals surface area contributed by atoms with E-state index in [1.54, 1.807) is 12.3 Å². The maximum absolute atomic E-state index is 13.6. The SMILES string of the molecule is Cc1cccn2c(=O)c(/C=C3\SC(=S)N(CCC(=O)O)C3=O)c(N3C[C@@H](C)O[C@@H](C)C3)nc12. The quantitative estimate of drug-likeness (QED) is 0.501. The van der Waals surface area contributed by atoms with Gasteiger partial charge in [-0.1, -0.05) is 30.0 Å². The predicted molar refractivity (Wildman–Crippen MR) is 131 cm³/mol. The van der Waals surface area contributed by atoms with Gasteiger partial charge < -0.3 is 14.7 Å². The Balaban J connectivity index is 1.83. The summed E-state index contributed by atoms with van der Waals surface area (Å²) in [6, 6.07) is 3.67. The Morgan fingerprint density at radius 2 is 2.03 bits per heavy atom. The first-order chi connectivity index (χ1) is 15.7. The fourth-order valence-corrected chi connectivity index (χ4v) is 5.34. The number of hydrogen-bond acceptors (Lipinski definition) is 8. The van der Waals surface area contributed by atoms with Gasteiger partial charge in [-0.2, -0.15) is 0 Å². The van der Waals surface area contributed by atoms with E-state index < -0.39 is 11.9 Å². The van der Waals surface area contributed by atoms with E-state index >= 15 is 0 Å². The van der Waals surface area contributed by atoms with Crippen molar-refractivity contribution in [1.29, 1.82) is 0 Å². The zero-order chi connectivity index (χ0) is 23.9. The van der Waals surface area contributed by atoms with Crippen molar-refractivity contribution in [2.45, 2.75) is 39.4 Å². The van der Waals surface area contributed by atoms with Crippen molar-refractivity contribution in [3.05, 3.63) is 44.7 Å². The molecule has 2 aliphatic rings. The first-order valence-electron chi connectivity index (χ1n) is 10.5. The smallest absolute Gasteiger partial charge is 0.305 e. The van der Waals surface area contributed by atoms with Crippen LogP contribution in [0.3, 0.4) is 0 Å². The minimum Gasteiger partial charge on any atom is -0.481 e. The topological polar surface area (TPSA) is 104 Å². The number of carbonyl (C=O) groups excluding carboxylic acids is 1. The third-order valence-electron chi connectivity index (χ3n) is 5.48. The molecule has 33 heavy (non-hydrogen) atoms. The molecule has 11 heteroatoms. The van der Waals surface area contributed by atoms with Gasteiger partial charge in [-0.25, -0.2) is 4.98 Å². The second-order valence-corrected chi connectivity index (χ2v) is 9.85. The number of aryl methyl sites for hydroxylation is 1. The Hall–Kier alpha value is -2.76. The number of pyridine rings is 1. The highest BCUT2D eigenvalue weighted by Gasteiger charge is 2.34. The lowest BCUT2D eigenvalue weighted by Crippen LogP contribution is -2.46. The van der Waals surface area contributed by atoms with Crippen LogP contribution < -0.4 is 10.5 Å². The highest BCUT2D eigenvalue weighted by atomic mass is 32.2. The van der Waals surface area contributed by atoms with E-state index in [0.29, 0.717) is 24.6 Å². The number of ether oxygens (including phenoxy) is 1. The number of amides is 1. The second kappa shape index (κ2) is 9.24. The molecular formula is C22H24N4O5S2. The Morgan fingerprint density at radius 3 is 2.70 bits per heavy atom. The number of fused-ring (bicyclic) bond motifs is 1. The van der Waals surface area contributed by atoms with E-state index in [0.717, 1.165) is 17.3 Å². The summed E-state index contributed by atoms with van der Waals surface area (Å²) >= 11 is 6.35. The van der Waals surface area contributed by atoms with Crippen LogP contribution in [0.25, 0.3) is 11.7 Å². The highest BCUT2D eigenvalue weighted by Crippen LogP contribution is 2.34. The van der Waals surface area contributed by atoms with E-state index in [4.69, 9.17) is 27.0 Å². The molecule has 9 nitrogen and oxygen atoms in total. The zero-order valence-corrected chi connectivity index (χ0v) is 20.1. The van der Waals surface area contributed by atoms with Crippen LogP contribution in [0.5, 0.6) is 0 Å². The van der Waals surface area contributed by atoms with Crippen LogP contribution in [0, 0.1) is 6.92 Å². The molecule has 0 saturated carbocycles. The molecule has 2 aliphatic heterocycles. The molecule has 1 N–H and O–H groups in total. The normalized spacial score (nSPS) is 22.6. The minimum atomic E-state index is -1.02. The monoisotopic (exact) mass is 488 g/mol.